The van der Waals surface area contributed by atoms with Gasteiger partial charge in [0.2, 0.25) is 5.91 Å². The molecule has 4 amide bonds. The van der Waals surface area contributed by atoms with Crippen LogP contribution in [-0.4, -0.2) is 122 Å². The van der Waals surface area contributed by atoms with Gasteiger partial charge in [0.1, 0.15) is 26.4 Å². The van der Waals surface area contributed by atoms with Crippen LogP contribution < -0.4 is 5.32 Å². The summed E-state index contributed by atoms with van der Waals surface area (Å²) in [6.45, 7) is 2.71. The minimum Gasteiger partial charge on any atom is -0.465 e. The van der Waals surface area contributed by atoms with E-state index in [1.165, 1.54) is 14.7 Å². The molecule has 1 aliphatic rings. The topological polar surface area (TPSA) is 147 Å². The first-order valence-corrected chi connectivity index (χ1v) is 17.3. The van der Waals surface area contributed by atoms with Crippen molar-refractivity contribution in [2.75, 3.05) is 72.1 Å². The molecular formula is C38H47N5O9. The molecule has 3 aromatic carbocycles. The second kappa shape index (κ2) is 21.6. The average Bonchev–Trinajstić information content (AvgIpc) is 3.16. The van der Waals surface area contributed by atoms with Crippen LogP contribution in [0.4, 0.5) is 14.4 Å². The average molecular weight is 718 g/mol. The van der Waals surface area contributed by atoms with Crippen LogP contribution in [0.15, 0.2) is 91.0 Å². The maximum atomic E-state index is 13.4. The predicted octanol–water partition coefficient (Wildman–Crippen LogP) is 3.90. The van der Waals surface area contributed by atoms with Gasteiger partial charge in [0, 0.05) is 52.4 Å². The molecule has 1 N–H and O–H groups in total. The van der Waals surface area contributed by atoms with Gasteiger partial charge in [-0.2, -0.15) is 0 Å². The Kier molecular flexibility index (Phi) is 16.2. The molecule has 0 aromatic heterocycles. The van der Waals surface area contributed by atoms with Crippen LogP contribution in [0, 0.1) is 0 Å². The van der Waals surface area contributed by atoms with E-state index in [-0.39, 0.29) is 91.9 Å². The van der Waals surface area contributed by atoms with E-state index in [4.69, 9.17) is 18.9 Å². The summed E-state index contributed by atoms with van der Waals surface area (Å²) in [5.74, 6) is -0.986. The molecule has 4 rings (SSSR count). The second-order valence-electron chi connectivity index (χ2n) is 11.9. The fourth-order valence-electron chi connectivity index (χ4n) is 5.23. The van der Waals surface area contributed by atoms with Gasteiger partial charge in [0.25, 0.3) is 0 Å². The number of carbonyl (C=O) groups is 5. The second-order valence-corrected chi connectivity index (χ2v) is 11.9. The van der Waals surface area contributed by atoms with E-state index >= 15 is 0 Å². The molecule has 1 fully saturated rings. The number of rotatable bonds is 11. The van der Waals surface area contributed by atoms with E-state index in [9.17, 15) is 24.0 Å². The Labute approximate surface area is 304 Å². The summed E-state index contributed by atoms with van der Waals surface area (Å²) in [5, 5.41) is 2.56. The van der Waals surface area contributed by atoms with Crippen molar-refractivity contribution in [2.24, 2.45) is 0 Å². The highest BCUT2D eigenvalue weighted by molar-refractivity contribution is 5.83. The first kappa shape index (κ1) is 39.2. The van der Waals surface area contributed by atoms with Crippen LogP contribution in [0.2, 0.25) is 0 Å². The molecule has 0 aliphatic carbocycles. The molecule has 0 spiro atoms. The number of hydrogen-bond donors (Lipinski definition) is 1. The molecule has 1 heterocycles. The Morgan fingerprint density at radius 1 is 0.519 bits per heavy atom. The normalized spacial score (nSPS) is 14.3. The molecule has 14 nitrogen and oxygen atoms in total. The summed E-state index contributed by atoms with van der Waals surface area (Å²) < 4.78 is 21.8. The third-order valence-electron chi connectivity index (χ3n) is 8.14. The van der Waals surface area contributed by atoms with Gasteiger partial charge in [-0.3, -0.25) is 14.5 Å². The lowest BCUT2D eigenvalue weighted by Crippen LogP contribution is -2.51. The third-order valence-corrected chi connectivity index (χ3v) is 8.14. The fourth-order valence-corrected chi connectivity index (χ4v) is 5.23. The minimum atomic E-state index is -0.601. The van der Waals surface area contributed by atoms with Crippen LogP contribution in [0.25, 0.3) is 0 Å². The lowest BCUT2D eigenvalue weighted by Gasteiger charge is -2.33. The van der Waals surface area contributed by atoms with E-state index in [0.717, 1.165) is 16.7 Å². The molecule has 0 atom stereocenters. The van der Waals surface area contributed by atoms with E-state index in [0.29, 0.717) is 0 Å². The largest absolute Gasteiger partial charge is 0.465 e. The van der Waals surface area contributed by atoms with Crippen LogP contribution in [0.5, 0.6) is 0 Å². The number of hydrogen-bond acceptors (Lipinski definition) is 10. The third kappa shape index (κ3) is 13.9. The number of carbonyl (C=O) groups excluding carboxylic acids is 5. The van der Waals surface area contributed by atoms with Crippen molar-refractivity contribution in [1.82, 2.24) is 24.9 Å². The van der Waals surface area contributed by atoms with E-state index < -0.39 is 30.2 Å². The maximum absolute atomic E-state index is 13.4. The standard InChI is InChI=1S/C38H47N5O9/c1-2-49-35(45)26-39-34(44)27-40-18-20-41(36(46)50-28-31-12-6-3-7-13-31)22-24-43(38(48)52-30-33-16-10-5-11-17-33)25-23-42(21-19-40)37(47)51-29-32-14-8-4-9-15-32/h3-17H,2,18-30H2,1H3,(H,39,44). The van der Waals surface area contributed by atoms with Gasteiger partial charge in [-0.25, -0.2) is 14.4 Å². The number of benzene rings is 3. The van der Waals surface area contributed by atoms with E-state index in [1.54, 1.807) is 11.8 Å². The van der Waals surface area contributed by atoms with Crippen molar-refractivity contribution in [3.8, 4) is 0 Å². The van der Waals surface area contributed by atoms with Crippen LogP contribution in [0.1, 0.15) is 23.6 Å². The Hall–Kier alpha value is -5.63. The van der Waals surface area contributed by atoms with Gasteiger partial charge in [-0.05, 0) is 23.6 Å². The predicted molar refractivity (Wildman–Crippen MR) is 191 cm³/mol. The molecule has 1 saturated heterocycles. The zero-order valence-electron chi connectivity index (χ0n) is 29.5. The maximum Gasteiger partial charge on any atom is 0.410 e. The van der Waals surface area contributed by atoms with Crippen molar-refractivity contribution >= 4 is 30.2 Å². The van der Waals surface area contributed by atoms with Crippen molar-refractivity contribution < 1.29 is 42.9 Å². The Morgan fingerprint density at radius 2 is 0.865 bits per heavy atom. The van der Waals surface area contributed by atoms with Crippen molar-refractivity contribution in [3.63, 3.8) is 0 Å². The van der Waals surface area contributed by atoms with Crippen molar-refractivity contribution in [2.45, 2.75) is 26.7 Å². The number of nitrogens with one attached hydrogen (secondary N) is 1. The van der Waals surface area contributed by atoms with Crippen LogP contribution >= 0.6 is 0 Å². The first-order chi connectivity index (χ1) is 25.3. The number of nitrogens with zero attached hydrogens (tertiary/aromatic N) is 4. The quantitative estimate of drug-likeness (QED) is 0.229. The van der Waals surface area contributed by atoms with Crippen molar-refractivity contribution in [3.05, 3.63) is 108 Å². The molecule has 14 heteroatoms. The highest BCUT2D eigenvalue weighted by Crippen LogP contribution is 2.10. The summed E-state index contributed by atoms with van der Waals surface area (Å²) >= 11 is 0. The fraction of sp³-hybridized carbons (Fsp3) is 0.395. The Bertz CT molecular complexity index is 1490. The van der Waals surface area contributed by atoms with Gasteiger partial charge >= 0.3 is 24.2 Å². The van der Waals surface area contributed by atoms with Crippen LogP contribution in [0.3, 0.4) is 0 Å². The lowest BCUT2D eigenvalue weighted by molar-refractivity contribution is -0.143. The van der Waals surface area contributed by atoms with Gasteiger partial charge in [0.15, 0.2) is 0 Å². The summed E-state index contributed by atoms with van der Waals surface area (Å²) in [6, 6.07) is 27.8. The molecular weight excluding hydrogens is 670 g/mol. The summed E-state index contributed by atoms with van der Waals surface area (Å²) in [6.07, 6.45) is -1.77. The van der Waals surface area contributed by atoms with Gasteiger partial charge in [-0.1, -0.05) is 91.0 Å². The molecule has 278 valence electrons. The molecule has 52 heavy (non-hydrogen) atoms. The smallest absolute Gasteiger partial charge is 0.410 e. The Morgan fingerprint density at radius 3 is 1.21 bits per heavy atom. The first-order valence-electron chi connectivity index (χ1n) is 17.3. The molecule has 1 aliphatic heterocycles. The molecule has 0 radical (unpaired) electrons. The van der Waals surface area contributed by atoms with Crippen LogP contribution in [-0.2, 0) is 48.4 Å². The number of ether oxygens (including phenoxy) is 4. The minimum absolute atomic E-state index is 0.0506. The number of esters is 1. The lowest BCUT2D eigenvalue weighted by atomic mass is 10.2. The van der Waals surface area contributed by atoms with Gasteiger partial charge in [-0.15, -0.1) is 0 Å². The van der Waals surface area contributed by atoms with E-state index in [1.807, 2.05) is 91.0 Å². The highest BCUT2D eigenvalue weighted by atomic mass is 16.6. The molecule has 3 aromatic rings. The number of amides is 4. The highest BCUT2D eigenvalue weighted by Gasteiger charge is 2.26. The zero-order chi connectivity index (χ0) is 37.0. The monoisotopic (exact) mass is 717 g/mol. The molecule has 0 saturated carbocycles. The van der Waals surface area contributed by atoms with E-state index in [2.05, 4.69) is 5.32 Å². The summed E-state index contributed by atoms with van der Waals surface area (Å²) in [5.41, 5.74) is 2.44. The molecule has 0 unspecified atom stereocenters. The van der Waals surface area contributed by atoms with Gasteiger partial charge < -0.3 is 39.0 Å². The zero-order valence-corrected chi connectivity index (χ0v) is 29.5. The van der Waals surface area contributed by atoms with Crippen molar-refractivity contribution in [1.29, 1.82) is 0 Å². The summed E-state index contributed by atoms with van der Waals surface area (Å²) in [4.78, 5) is 71.2. The summed E-state index contributed by atoms with van der Waals surface area (Å²) in [7, 11) is 0. The SMILES string of the molecule is CCOC(=O)CNC(=O)CN1CCN(C(=O)OCc2ccccc2)CCN(C(=O)OCc2ccccc2)CCN(C(=O)OCc2ccccc2)CC1. The Balaban J connectivity index is 1.51. The molecule has 0 bridgehead atoms. The van der Waals surface area contributed by atoms with Gasteiger partial charge in [0.05, 0.1) is 13.2 Å².